The highest BCUT2D eigenvalue weighted by Gasteiger charge is 2.23. The summed E-state index contributed by atoms with van der Waals surface area (Å²) in [6, 6.07) is 19.1. The predicted molar refractivity (Wildman–Crippen MR) is 134 cm³/mol. The summed E-state index contributed by atoms with van der Waals surface area (Å²) < 4.78 is 28.2. The minimum absolute atomic E-state index is 0.161. The molecule has 0 aliphatic carbocycles. The van der Waals surface area contributed by atoms with Crippen molar-refractivity contribution in [2.45, 2.75) is 31.8 Å². The predicted octanol–water partition coefficient (Wildman–Crippen LogP) is 1.18. The third kappa shape index (κ3) is 7.64. The number of carbonyl (C=O) groups excluding carboxylic acids is 3. The Balaban J connectivity index is 1.57. The van der Waals surface area contributed by atoms with Crippen LogP contribution in [0.4, 0.5) is 5.69 Å². The Kier molecular flexibility index (Phi) is 8.74. The van der Waals surface area contributed by atoms with E-state index in [0.29, 0.717) is 5.56 Å². The van der Waals surface area contributed by atoms with Crippen LogP contribution in [0.5, 0.6) is 0 Å². The topological polar surface area (TPSA) is 143 Å². The number of anilines is 1. The maximum absolute atomic E-state index is 12.7. The molecule has 10 nitrogen and oxygen atoms in total. The van der Waals surface area contributed by atoms with Gasteiger partial charge in [0.05, 0.1) is 11.8 Å². The molecule has 0 unspecified atom stereocenters. The number of aromatic nitrogens is 1. The van der Waals surface area contributed by atoms with E-state index in [1.165, 1.54) is 25.3 Å². The van der Waals surface area contributed by atoms with Gasteiger partial charge in [0, 0.05) is 12.7 Å². The lowest BCUT2D eigenvalue weighted by molar-refractivity contribution is -0.139. The van der Waals surface area contributed by atoms with Gasteiger partial charge in [-0.25, -0.2) is 8.42 Å². The normalized spacial score (nSPS) is 11.8. The molecule has 0 saturated carbocycles. The number of nitrogens with one attached hydrogen (secondary N) is 3. The first kappa shape index (κ1) is 26.4. The van der Waals surface area contributed by atoms with Crippen molar-refractivity contribution in [3.63, 3.8) is 0 Å². The molecule has 2 amide bonds. The highest BCUT2D eigenvalue weighted by Crippen LogP contribution is 2.09. The molecule has 0 fully saturated rings. The molecule has 0 aliphatic rings. The molecule has 3 aromatic rings. The van der Waals surface area contributed by atoms with Gasteiger partial charge in [-0.1, -0.05) is 60.7 Å². The summed E-state index contributed by atoms with van der Waals surface area (Å²) in [4.78, 5) is 49.6. The zero-order valence-corrected chi connectivity index (χ0v) is 20.3. The molecule has 3 N–H and O–H groups in total. The molecule has 1 aromatic heterocycles. The molecular formula is C25H26N4O6S. The van der Waals surface area contributed by atoms with Crippen molar-refractivity contribution >= 4 is 33.3 Å². The number of benzene rings is 2. The second-order valence-corrected chi connectivity index (χ2v) is 9.75. The lowest BCUT2D eigenvalue weighted by Crippen LogP contribution is -2.47. The van der Waals surface area contributed by atoms with Crippen LogP contribution >= 0.6 is 0 Å². The Morgan fingerprint density at radius 3 is 2.14 bits per heavy atom. The van der Waals surface area contributed by atoms with Crippen LogP contribution in [0, 0.1) is 0 Å². The molecular weight excluding hydrogens is 484 g/mol. The van der Waals surface area contributed by atoms with E-state index in [9.17, 15) is 27.6 Å². The van der Waals surface area contributed by atoms with Crippen molar-refractivity contribution in [2.24, 2.45) is 0 Å². The number of sulfonamides is 1. The SMILES string of the molecule is C[C@H](NC(=O)Cn1cccc(NS(=O)(=O)Cc2ccccc2)c1=O)C(=O)C(=O)NCc1ccccc1. The van der Waals surface area contributed by atoms with Gasteiger partial charge in [-0.2, -0.15) is 0 Å². The van der Waals surface area contributed by atoms with Crippen LogP contribution < -0.4 is 20.9 Å². The van der Waals surface area contributed by atoms with Gasteiger partial charge in [0.2, 0.25) is 21.7 Å². The highest BCUT2D eigenvalue weighted by molar-refractivity contribution is 7.91. The Bertz CT molecular complexity index is 1390. The monoisotopic (exact) mass is 510 g/mol. The Labute approximate surface area is 208 Å². The lowest BCUT2D eigenvalue weighted by atomic mass is 10.2. The summed E-state index contributed by atoms with van der Waals surface area (Å²) in [6.07, 6.45) is 1.32. The summed E-state index contributed by atoms with van der Waals surface area (Å²) >= 11 is 0. The first-order valence-electron chi connectivity index (χ1n) is 11.0. The number of nitrogens with zero attached hydrogens (tertiary/aromatic N) is 1. The quantitative estimate of drug-likeness (QED) is 0.331. The second kappa shape index (κ2) is 11.9. The number of ketones is 1. The lowest BCUT2D eigenvalue weighted by Gasteiger charge is -2.14. The maximum atomic E-state index is 12.7. The van der Waals surface area contributed by atoms with Crippen LogP contribution in [0.25, 0.3) is 0 Å². The van der Waals surface area contributed by atoms with Crippen molar-refractivity contribution in [1.82, 2.24) is 15.2 Å². The number of amides is 2. The van der Waals surface area contributed by atoms with Gasteiger partial charge in [0.15, 0.2) is 0 Å². The smallest absolute Gasteiger partial charge is 0.289 e. The molecule has 2 aromatic carbocycles. The average Bonchev–Trinajstić information content (AvgIpc) is 2.85. The van der Waals surface area contributed by atoms with E-state index in [1.54, 1.807) is 54.6 Å². The average molecular weight is 511 g/mol. The fraction of sp³-hybridized carbons (Fsp3) is 0.200. The molecule has 3 rings (SSSR count). The number of rotatable bonds is 11. The molecule has 0 radical (unpaired) electrons. The molecule has 1 heterocycles. The summed E-state index contributed by atoms with van der Waals surface area (Å²) in [5, 5.41) is 4.89. The van der Waals surface area contributed by atoms with Crippen molar-refractivity contribution in [3.8, 4) is 0 Å². The van der Waals surface area contributed by atoms with Gasteiger partial charge in [-0.15, -0.1) is 0 Å². The van der Waals surface area contributed by atoms with Gasteiger partial charge in [-0.05, 0) is 30.2 Å². The van der Waals surface area contributed by atoms with Crippen molar-refractivity contribution < 1.29 is 22.8 Å². The van der Waals surface area contributed by atoms with E-state index in [1.807, 2.05) is 6.07 Å². The minimum atomic E-state index is -3.87. The van der Waals surface area contributed by atoms with Crippen LogP contribution in [0.15, 0.2) is 83.8 Å². The number of hydrogen-bond acceptors (Lipinski definition) is 6. The Morgan fingerprint density at radius 2 is 1.50 bits per heavy atom. The van der Waals surface area contributed by atoms with E-state index in [4.69, 9.17) is 0 Å². The molecule has 0 aliphatic heterocycles. The van der Waals surface area contributed by atoms with Crippen LogP contribution in [-0.2, 0) is 43.2 Å². The van der Waals surface area contributed by atoms with E-state index in [2.05, 4.69) is 15.4 Å². The summed E-state index contributed by atoms with van der Waals surface area (Å²) in [5.41, 5.74) is 0.413. The maximum Gasteiger partial charge on any atom is 0.289 e. The van der Waals surface area contributed by atoms with Crippen LogP contribution in [-0.4, -0.2) is 36.6 Å². The van der Waals surface area contributed by atoms with Gasteiger partial charge in [0.25, 0.3) is 11.5 Å². The highest BCUT2D eigenvalue weighted by atomic mass is 32.2. The number of hydrogen-bond donors (Lipinski definition) is 3. The number of Topliss-reactive ketones (excluding diaryl/α,β-unsaturated/α-hetero) is 1. The van der Waals surface area contributed by atoms with Gasteiger partial charge in [0.1, 0.15) is 12.2 Å². The van der Waals surface area contributed by atoms with Crippen LogP contribution in [0.3, 0.4) is 0 Å². The third-order valence-electron chi connectivity index (χ3n) is 5.09. The molecule has 0 saturated heterocycles. The van der Waals surface area contributed by atoms with E-state index >= 15 is 0 Å². The molecule has 188 valence electrons. The molecule has 36 heavy (non-hydrogen) atoms. The summed E-state index contributed by atoms with van der Waals surface area (Å²) in [5.74, 6) is -2.71. The van der Waals surface area contributed by atoms with Crippen molar-refractivity contribution in [3.05, 3.63) is 100 Å². The number of carbonyl (C=O) groups is 3. The first-order valence-corrected chi connectivity index (χ1v) is 12.7. The zero-order valence-electron chi connectivity index (χ0n) is 19.5. The Hall–Kier alpha value is -4.25. The molecule has 0 spiro atoms. The number of pyridine rings is 1. The van der Waals surface area contributed by atoms with Gasteiger partial charge >= 0.3 is 0 Å². The molecule has 1 atom stereocenters. The fourth-order valence-corrected chi connectivity index (χ4v) is 4.50. The Morgan fingerprint density at radius 1 is 0.889 bits per heavy atom. The van der Waals surface area contributed by atoms with Gasteiger partial charge < -0.3 is 15.2 Å². The van der Waals surface area contributed by atoms with E-state index in [0.717, 1.165) is 10.1 Å². The fourth-order valence-electron chi connectivity index (χ4n) is 3.31. The largest absolute Gasteiger partial charge is 0.345 e. The van der Waals surface area contributed by atoms with Crippen molar-refractivity contribution in [2.75, 3.05) is 4.72 Å². The minimum Gasteiger partial charge on any atom is -0.345 e. The molecule has 11 heteroatoms. The summed E-state index contributed by atoms with van der Waals surface area (Å²) in [7, 11) is -3.87. The molecule has 0 bridgehead atoms. The first-order chi connectivity index (χ1) is 17.1. The van der Waals surface area contributed by atoms with Gasteiger partial charge in [-0.3, -0.25) is 23.9 Å². The van der Waals surface area contributed by atoms with Crippen LogP contribution in [0.1, 0.15) is 18.1 Å². The second-order valence-electron chi connectivity index (χ2n) is 8.02. The van der Waals surface area contributed by atoms with Crippen molar-refractivity contribution in [1.29, 1.82) is 0 Å². The standard InChI is InChI=1S/C25H26N4O6S/c1-18(23(31)24(32)26-15-19-9-4-2-5-10-19)27-22(30)16-29-14-8-13-21(25(29)33)28-36(34,35)17-20-11-6-3-7-12-20/h2-14,18,28H,15-17H2,1H3,(H,26,32)(H,27,30)/t18-/m0/s1. The van der Waals surface area contributed by atoms with E-state index in [-0.39, 0.29) is 18.0 Å². The zero-order chi connectivity index (χ0) is 26.1. The van der Waals surface area contributed by atoms with Crippen LogP contribution in [0.2, 0.25) is 0 Å². The summed E-state index contributed by atoms with van der Waals surface area (Å²) in [6.45, 7) is 1.05. The third-order valence-corrected chi connectivity index (χ3v) is 6.33. The van der Waals surface area contributed by atoms with E-state index < -0.39 is 45.8 Å².